The van der Waals surface area contributed by atoms with E-state index in [4.69, 9.17) is 28.4 Å². The predicted molar refractivity (Wildman–Crippen MR) is 235 cm³/mol. The van der Waals surface area contributed by atoms with Gasteiger partial charge in [0.25, 0.3) is 0 Å². The van der Waals surface area contributed by atoms with Gasteiger partial charge in [-0.15, -0.1) is 0 Å². The van der Waals surface area contributed by atoms with Crippen LogP contribution in [0.3, 0.4) is 0 Å². The highest BCUT2D eigenvalue weighted by Crippen LogP contribution is 2.54. The van der Waals surface area contributed by atoms with Gasteiger partial charge in [-0.1, -0.05) is 78.9 Å². The first-order valence-corrected chi connectivity index (χ1v) is 21.1. The number of ether oxygens (including phenoxy) is 6. The third-order valence-electron chi connectivity index (χ3n) is 13.4. The van der Waals surface area contributed by atoms with Crippen LogP contribution in [0.4, 0.5) is 0 Å². The van der Waals surface area contributed by atoms with Crippen LogP contribution < -0.4 is 28.4 Å². The van der Waals surface area contributed by atoms with Crippen LogP contribution >= 0.6 is 0 Å². The van der Waals surface area contributed by atoms with Crippen LogP contribution in [-0.2, 0) is 38.8 Å². The van der Waals surface area contributed by atoms with Crippen molar-refractivity contribution < 1.29 is 37.4 Å². The minimum Gasteiger partial charge on any atom is -0.493 e. The zero-order valence-corrected chi connectivity index (χ0v) is 35.7. The highest BCUT2D eigenvalue weighted by atomic mass is 16.5. The topological polar surface area (TPSA) is 55.4 Å². The van der Waals surface area contributed by atoms with E-state index in [9.17, 15) is 0 Å². The minimum atomic E-state index is -0.0367. The van der Waals surface area contributed by atoms with E-state index in [1.165, 1.54) is 33.4 Å². The summed E-state index contributed by atoms with van der Waals surface area (Å²) in [5.41, 5.74) is 9.84. The highest BCUT2D eigenvalue weighted by Gasteiger charge is 2.45. The first-order chi connectivity index (χ1) is 29.2. The second-order valence-corrected chi connectivity index (χ2v) is 17.2. The van der Waals surface area contributed by atoms with Crippen molar-refractivity contribution in [2.24, 2.45) is 0 Å². The summed E-state index contributed by atoms with van der Waals surface area (Å²) < 4.78 is 40.2. The lowest BCUT2D eigenvalue weighted by Gasteiger charge is -2.47. The smallest absolute Gasteiger partial charge is 0.204 e. The Morgan fingerprint density at radius 1 is 0.533 bits per heavy atom. The Morgan fingerprint density at radius 2 is 1.10 bits per heavy atom. The molecule has 0 saturated heterocycles. The summed E-state index contributed by atoms with van der Waals surface area (Å²) in [6, 6.07) is 43.3. The quantitative estimate of drug-likeness (QED) is 0.143. The van der Waals surface area contributed by atoms with Crippen molar-refractivity contribution in [3.05, 3.63) is 166 Å². The third kappa shape index (κ3) is 7.43. The zero-order chi connectivity index (χ0) is 41.4. The molecule has 0 fully saturated rings. The Morgan fingerprint density at radius 3 is 1.73 bits per heavy atom. The van der Waals surface area contributed by atoms with Crippen molar-refractivity contribution in [1.82, 2.24) is 0 Å². The van der Waals surface area contributed by atoms with Crippen molar-refractivity contribution in [1.29, 1.82) is 0 Å². The van der Waals surface area contributed by atoms with Gasteiger partial charge in [-0.3, -0.25) is 0 Å². The number of nitrogens with zero attached hydrogens (tertiary/aromatic N) is 2. The SMILES string of the molecule is COc1ccc2cc1Oc1ccc(cc1)C[C@H]1c3cc(c(OC)cc3CC[N+]1(C)Cc1ccccc1)Oc1c(OC)c(OC)cc3c1[C@H](C2)[N+](C)(Cc1ccccc1)CC3. The van der Waals surface area contributed by atoms with Crippen molar-refractivity contribution in [2.45, 2.75) is 50.9 Å². The minimum absolute atomic E-state index is 0.0367. The highest BCUT2D eigenvalue weighted by molar-refractivity contribution is 5.63. The van der Waals surface area contributed by atoms with Gasteiger partial charge in [0.15, 0.2) is 34.5 Å². The molecule has 2 unspecified atom stereocenters. The van der Waals surface area contributed by atoms with Crippen molar-refractivity contribution >= 4 is 0 Å². The molecular weight excluding hydrogens is 749 g/mol. The number of hydrogen-bond donors (Lipinski definition) is 0. The van der Waals surface area contributed by atoms with Crippen LogP contribution in [0.5, 0.6) is 46.0 Å². The molecular formula is C52H56N2O6+2. The number of quaternary nitrogens is 2. The van der Waals surface area contributed by atoms with E-state index in [0.29, 0.717) is 46.7 Å². The number of methoxy groups -OCH3 is 4. The molecule has 0 spiro atoms. The van der Waals surface area contributed by atoms with Crippen molar-refractivity contribution in [3.8, 4) is 46.0 Å². The van der Waals surface area contributed by atoms with E-state index in [1.54, 1.807) is 28.4 Å². The van der Waals surface area contributed by atoms with Crippen LogP contribution in [0.1, 0.15) is 56.6 Å². The molecule has 0 aromatic heterocycles. The Labute approximate surface area is 354 Å². The van der Waals surface area contributed by atoms with Gasteiger partial charge in [0, 0.05) is 42.4 Å². The number of hydrogen-bond acceptors (Lipinski definition) is 6. The summed E-state index contributed by atoms with van der Waals surface area (Å²) in [5, 5.41) is 0. The summed E-state index contributed by atoms with van der Waals surface area (Å²) >= 11 is 0. The van der Waals surface area contributed by atoms with Crippen LogP contribution in [0, 0.1) is 0 Å². The van der Waals surface area contributed by atoms with Gasteiger partial charge in [0.05, 0.1) is 61.2 Å². The Kier molecular flexibility index (Phi) is 10.7. The Hall–Kier alpha value is -5.96. The second-order valence-electron chi connectivity index (χ2n) is 17.2. The van der Waals surface area contributed by atoms with E-state index in [1.807, 2.05) is 6.07 Å². The fourth-order valence-corrected chi connectivity index (χ4v) is 10.1. The van der Waals surface area contributed by atoms with Gasteiger partial charge < -0.3 is 37.4 Å². The van der Waals surface area contributed by atoms with Crippen LogP contribution in [0.25, 0.3) is 0 Å². The molecule has 6 aromatic carbocycles. The van der Waals surface area contributed by atoms with Gasteiger partial charge in [-0.05, 0) is 64.7 Å². The average Bonchev–Trinajstić information content (AvgIpc) is 3.26. The van der Waals surface area contributed by atoms with Crippen LogP contribution in [0.2, 0.25) is 0 Å². The maximum atomic E-state index is 7.40. The van der Waals surface area contributed by atoms with Crippen LogP contribution in [0.15, 0.2) is 121 Å². The van der Waals surface area contributed by atoms with E-state index in [0.717, 1.165) is 71.3 Å². The van der Waals surface area contributed by atoms with E-state index in [-0.39, 0.29) is 12.1 Å². The van der Waals surface area contributed by atoms with Gasteiger partial charge >= 0.3 is 0 Å². The molecule has 10 rings (SSSR count). The van der Waals surface area contributed by atoms with E-state index < -0.39 is 0 Å². The molecule has 4 aliphatic heterocycles. The fourth-order valence-electron chi connectivity index (χ4n) is 10.1. The molecule has 4 heterocycles. The molecule has 4 aliphatic rings. The molecule has 308 valence electrons. The lowest BCUT2D eigenvalue weighted by molar-refractivity contribution is -0.954. The summed E-state index contributed by atoms with van der Waals surface area (Å²) in [7, 11) is 11.6. The summed E-state index contributed by atoms with van der Waals surface area (Å²) in [6.45, 7) is 3.66. The molecule has 0 N–H and O–H groups in total. The molecule has 8 heteroatoms. The largest absolute Gasteiger partial charge is 0.493 e. The third-order valence-corrected chi connectivity index (χ3v) is 13.4. The predicted octanol–water partition coefficient (Wildman–Crippen LogP) is 10.6. The Balaban J connectivity index is 1.28. The molecule has 4 atom stereocenters. The molecule has 8 nitrogen and oxygen atoms in total. The summed E-state index contributed by atoms with van der Waals surface area (Å²) in [5.74, 6) is 5.41. The number of benzene rings is 6. The molecule has 6 bridgehead atoms. The van der Waals surface area contributed by atoms with Gasteiger partial charge in [-0.25, -0.2) is 0 Å². The van der Waals surface area contributed by atoms with Gasteiger partial charge in [0.1, 0.15) is 30.9 Å². The first kappa shape index (κ1) is 39.5. The lowest BCUT2D eigenvalue weighted by atomic mass is 9.84. The second kappa shape index (κ2) is 16.2. The van der Waals surface area contributed by atoms with Crippen molar-refractivity contribution in [3.63, 3.8) is 0 Å². The monoisotopic (exact) mass is 804 g/mol. The molecule has 6 aromatic rings. The molecule has 0 radical (unpaired) electrons. The first-order valence-electron chi connectivity index (χ1n) is 21.1. The number of likely N-dealkylation sites (N-methyl/N-ethyl adjacent to an activating group) is 2. The maximum absolute atomic E-state index is 7.40. The molecule has 0 amide bonds. The van der Waals surface area contributed by atoms with Gasteiger partial charge in [0.2, 0.25) is 5.75 Å². The number of fused-ring (bicyclic) bond motifs is 2. The van der Waals surface area contributed by atoms with Gasteiger partial charge in [-0.2, -0.15) is 0 Å². The maximum Gasteiger partial charge on any atom is 0.204 e. The lowest BCUT2D eigenvalue weighted by Crippen LogP contribution is -2.51. The summed E-state index contributed by atoms with van der Waals surface area (Å²) in [4.78, 5) is 0. The van der Waals surface area contributed by atoms with Crippen LogP contribution in [-0.4, -0.2) is 64.6 Å². The molecule has 0 aliphatic carbocycles. The molecule has 0 saturated carbocycles. The Bertz CT molecular complexity index is 2490. The van der Waals surface area contributed by atoms with Crippen molar-refractivity contribution in [2.75, 3.05) is 55.6 Å². The molecule has 60 heavy (non-hydrogen) atoms. The normalized spacial score (nSPS) is 21.6. The fraction of sp³-hybridized carbons (Fsp3) is 0.308. The van der Waals surface area contributed by atoms with E-state index >= 15 is 0 Å². The standard InChI is InChI=1S/C52H56N2O6/c1-53(33-36-13-9-7-10-14-36)25-23-39-30-46(56-4)48-32-42(39)43(53)27-35-17-20-41(21-18-35)59-47-29-38(19-22-45(47)55-3)28-44-50-40(31-49(57-5)51(58-6)52(50)60-48)24-26-54(44,2)34-37-15-11-8-12-16-37/h7-22,29-32,43-44H,23-28,33-34H2,1-6H3/q+2/t43-,44-,53?,54?/m0/s1. The number of rotatable bonds is 8. The average molecular weight is 805 g/mol. The zero-order valence-electron chi connectivity index (χ0n) is 35.7. The van der Waals surface area contributed by atoms with E-state index in [2.05, 4.69) is 129 Å². The summed E-state index contributed by atoms with van der Waals surface area (Å²) in [6.07, 6.45) is 3.31.